The Morgan fingerprint density at radius 1 is 1.50 bits per heavy atom. The minimum Gasteiger partial charge on any atom is -0.281 e. The van der Waals surface area contributed by atoms with Crippen LogP contribution in [0.1, 0.15) is 12.5 Å². The molecule has 1 unspecified atom stereocenters. The van der Waals surface area contributed by atoms with Gasteiger partial charge in [0.2, 0.25) is 0 Å². The molecule has 2 rings (SSSR count). The largest absolute Gasteiger partial charge is 0.281 e. The number of hydrogen-bond acceptors (Lipinski definition) is 3. The summed E-state index contributed by atoms with van der Waals surface area (Å²) in [5.41, 5.74) is 1.63. The second-order valence-corrected chi connectivity index (χ2v) is 4.76. The van der Waals surface area contributed by atoms with E-state index in [9.17, 15) is 10.0 Å². The van der Waals surface area contributed by atoms with Crippen molar-refractivity contribution in [2.24, 2.45) is 0 Å². The zero-order valence-electron chi connectivity index (χ0n) is 8.02. The molecule has 1 aliphatic heterocycles. The SMILES string of the molecule is Cc1ccc2c(c1)N(O)C(=O)C(C)S2. The number of amides is 1. The van der Waals surface area contributed by atoms with Crippen molar-refractivity contribution >= 4 is 23.4 Å². The van der Waals surface area contributed by atoms with Crippen molar-refractivity contribution in [1.29, 1.82) is 0 Å². The summed E-state index contributed by atoms with van der Waals surface area (Å²) in [5.74, 6) is -0.256. The first-order valence-electron chi connectivity index (χ1n) is 4.40. The molecule has 1 aromatic carbocycles. The molecule has 0 fully saturated rings. The molecule has 3 nitrogen and oxygen atoms in total. The van der Waals surface area contributed by atoms with Crippen LogP contribution in [0.5, 0.6) is 0 Å². The van der Waals surface area contributed by atoms with Crippen LogP contribution in [0.3, 0.4) is 0 Å². The molecule has 1 heterocycles. The van der Waals surface area contributed by atoms with Gasteiger partial charge >= 0.3 is 0 Å². The van der Waals surface area contributed by atoms with Crippen molar-refractivity contribution in [3.8, 4) is 0 Å². The second kappa shape index (κ2) is 3.29. The molecule has 1 N–H and O–H groups in total. The second-order valence-electron chi connectivity index (χ2n) is 3.38. The van der Waals surface area contributed by atoms with Crippen LogP contribution in [-0.2, 0) is 4.79 Å². The molecule has 0 saturated carbocycles. The maximum Gasteiger partial charge on any atom is 0.263 e. The summed E-state index contributed by atoms with van der Waals surface area (Å²) in [6.45, 7) is 3.72. The third-order valence-corrected chi connectivity index (χ3v) is 3.36. The van der Waals surface area contributed by atoms with E-state index in [1.165, 1.54) is 11.8 Å². The molecule has 1 aliphatic rings. The quantitative estimate of drug-likeness (QED) is 0.666. The summed E-state index contributed by atoms with van der Waals surface area (Å²) in [7, 11) is 0. The fourth-order valence-corrected chi connectivity index (χ4v) is 2.42. The Morgan fingerprint density at radius 3 is 2.93 bits per heavy atom. The number of fused-ring (bicyclic) bond motifs is 1. The van der Waals surface area contributed by atoms with E-state index in [1.54, 1.807) is 6.92 Å². The number of carbonyl (C=O) groups is 1. The van der Waals surface area contributed by atoms with Crippen LogP contribution in [0.2, 0.25) is 0 Å². The molecule has 0 saturated heterocycles. The molecule has 0 bridgehead atoms. The Labute approximate surface area is 86.7 Å². The summed E-state index contributed by atoms with van der Waals surface area (Å²) in [5, 5.41) is 10.1. The molecule has 1 amide bonds. The average Bonchev–Trinajstić information content (AvgIpc) is 2.16. The number of thioether (sulfide) groups is 1. The normalized spacial score (nSPS) is 20.9. The molecule has 1 aromatic rings. The molecule has 1 atom stereocenters. The monoisotopic (exact) mass is 209 g/mol. The van der Waals surface area contributed by atoms with Gasteiger partial charge in [-0.15, -0.1) is 11.8 Å². The predicted molar refractivity (Wildman–Crippen MR) is 55.8 cm³/mol. The van der Waals surface area contributed by atoms with Gasteiger partial charge in [0.1, 0.15) is 0 Å². The maximum absolute atomic E-state index is 11.5. The minimum absolute atomic E-state index is 0.213. The van der Waals surface area contributed by atoms with E-state index in [-0.39, 0.29) is 11.2 Å². The van der Waals surface area contributed by atoms with Crippen LogP contribution >= 0.6 is 11.8 Å². The van der Waals surface area contributed by atoms with Crippen molar-refractivity contribution < 1.29 is 10.0 Å². The topological polar surface area (TPSA) is 40.5 Å². The van der Waals surface area contributed by atoms with Gasteiger partial charge in [0.05, 0.1) is 10.9 Å². The zero-order chi connectivity index (χ0) is 10.3. The van der Waals surface area contributed by atoms with Gasteiger partial charge in [-0.25, -0.2) is 0 Å². The first kappa shape index (κ1) is 9.55. The third-order valence-electron chi connectivity index (χ3n) is 2.20. The zero-order valence-corrected chi connectivity index (χ0v) is 8.84. The number of rotatable bonds is 0. The highest BCUT2D eigenvalue weighted by Crippen LogP contribution is 2.38. The number of aryl methyl sites for hydroxylation is 1. The number of hydroxylamine groups is 1. The molecular weight excluding hydrogens is 198 g/mol. The van der Waals surface area contributed by atoms with Crippen molar-refractivity contribution in [3.63, 3.8) is 0 Å². The molecule has 14 heavy (non-hydrogen) atoms. The Morgan fingerprint density at radius 2 is 2.21 bits per heavy atom. The molecule has 0 spiro atoms. The smallest absolute Gasteiger partial charge is 0.263 e. The molecule has 4 heteroatoms. The Bertz CT molecular complexity index is 392. The highest BCUT2D eigenvalue weighted by molar-refractivity contribution is 8.00. The molecule has 74 valence electrons. The number of hydrogen-bond donors (Lipinski definition) is 1. The van der Waals surface area contributed by atoms with Gasteiger partial charge < -0.3 is 0 Å². The molecular formula is C10H11NO2S. The Balaban J connectivity index is 2.51. The van der Waals surface area contributed by atoms with E-state index < -0.39 is 0 Å². The minimum atomic E-state index is -0.256. The predicted octanol–water partition coefficient (Wildman–Crippen LogP) is 2.21. The van der Waals surface area contributed by atoms with E-state index in [2.05, 4.69) is 0 Å². The number of nitrogens with zero attached hydrogens (tertiary/aromatic N) is 1. The lowest BCUT2D eigenvalue weighted by Gasteiger charge is -2.27. The summed E-state index contributed by atoms with van der Waals surface area (Å²) in [6, 6.07) is 5.72. The summed E-state index contributed by atoms with van der Waals surface area (Å²) < 4.78 is 0. The maximum atomic E-state index is 11.5. The highest BCUT2D eigenvalue weighted by Gasteiger charge is 2.29. The number of carbonyl (C=O) groups excluding carboxylic acids is 1. The van der Waals surface area contributed by atoms with E-state index in [0.29, 0.717) is 5.69 Å². The Hall–Kier alpha value is -1.000. The van der Waals surface area contributed by atoms with Gasteiger partial charge in [-0.3, -0.25) is 10.0 Å². The van der Waals surface area contributed by atoms with Gasteiger partial charge in [0.25, 0.3) is 5.91 Å². The number of anilines is 1. The van der Waals surface area contributed by atoms with Gasteiger partial charge in [-0.2, -0.15) is 5.06 Å². The van der Waals surface area contributed by atoms with Gasteiger partial charge in [0.15, 0.2) is 0 Å². The lowest BCUT2D eigenvalue weighted by Crippen LogP contribution is -2.37. The van der Waals surface area contributed by atoms with E-state index in [0.717, 1.165) is 15.5 Å². The first-order chi connectivity index (χ1) is 6.59. The average molecular weight is 209 g/mol. The summed E-state index contributed by atoms with van der Waals surface area (Å²) >= 11 is 1.48. The van der Waals surface area contributed by atoms with E-state index in [4.69, 9.17) is 0 Å². The first-order valence-corrected chi connectivity index (χ1v) is 5.27. The van der Waals surface area contributed by atoms with Crippen LogP contribution in [0.25, 0.3) is 0 Å². The van der Waals surface area contributed by atoms with Gasteiger partial charge in [-0.05, 0) is 31.5 Å². The molecule has 0 radical (unpaired) electrons. The summed E-state index contributed by atoms with van der Waals surface area (Å²) in [6.07, 6.45) is 0. The van der Waals surface area contributed by atoms with Crippen LogP contribution in [0, 0.1) is 6.92 Å². The van der Waals surface area contributed by atoms with Crippen LogP contribution in [0.4, 0.5) is 5.69 Å². The van der Waals surface area contributed by atoms with Crippen molar-refractivity contribution in [3.05, 3.63) is 23.8 Å². The van der Waals surface area contributed by atoms with Crippen molar-refractivity contribution in [2.45, 2.75) is 24.0 Å². The lowest BCUT2D eigenvalue weighted by molar-refractivity contribution is -0.123. The summed E-state index contributed by atoms with van der Waals surface area (Å²) in [4.78, 5) is 12.4. The van der Waals surface area contributed by atoms with Crippen LogP contribution in [-0.4, -0.2) is 16.4 Å². The van der Waals surface area contributed by atoms with E-state index >= 15 is 0 Å². The van der Waals surface area contributed by atoms with Gasteiger partial charge in [0, 0.05) is 4.90 Å². The van der Waals surface area contributed by atoms with Crippen LogP contribution in [0.15, 0.2) is 23.1 Å². The van der Waals surface area contributed by atoms with Crippen LogP contribution < -0.4 is 5.06 Å². The standard InChI is InChI=1S/C10H11NO2S/c1-6-3-4-9-8(5-6)11(13)10(12)7(2)14-9/h3-5,7,13H,1-2H3. The fraction of sp³-hybridized carbons (Fsp3) is 0.300. The van der Waals surface area contributed by atoms with Crippen molar-refractivity contribution in [1.82, 2.24) is 0 Å². The Kier molecular flexibility index (Phi) is 2.25. The number of benzene rings is 1. The molecule has 0 aromatic heterocycles. The lowest BCUT2D eigenvalue weighted by atomic mass is 10.2. The third kappa shape index (κ3) is 1.40. The highest BCUT2D eigenvalue weighted by atomic mass is 32.2. The van der Waals surface area contributed by atoms with Crippen molar-refractivity contribution in [2.75, 3.05) is 5.06 Å². The molecule has 0 aliphatic carbocycles. The fourth-order valence-electron chi connectivity index (χ4n) is 1.42. The van der Waals surface area contributed by atoms with E-state index in [1.807, 2.05) is 25.1 Å². The van der Waals surface area contributed by atoms with Gasteiger partial charge in [-0.1, -0.05) is 6.07 Å².